The van der Waals surface area contributed by atoms with E-state index >= 15 is 0 Å². The number of hydrogen-bond acceptors (Lipinski definition) is 0. The van der Waals surface area contributed by atoms with Gasteiger partial charge >= 0.3 is 73.6 Å². The Labute approximate surface area is 155 Å². The fraction of sp³-hybridized carbons (Fsp3) is 0. The van der Waals surface area contributed by atoms with Crippen LogP contribution in [0.15, 0.2) is 54.6 Å². The molecule has 0 saturated heterocycles. The Bertz CT molecular complexity index is 304. The molecule has 0 aromatic heterocycles. The smallest absolute Gasteiger partial charge is 0.376 e. The predicted molar refractivity (Wildman–Crippen MR) is 62.6 cm³/mol. The zero-order valence-electron chi connectivity index (χ0n) is 11.0. The van der Waals surface area contributed by atoms with Gasteiger partial charge in [-0.1, -0.05) is 0 Å². The molecule has 2 rings (SSSR count). The molecule has 0 spiro atoms. The van der Waals surface area contributed by atoms with Crippen molar-refractivity contribution in [3.05, 3.63) is 93.9 Å². The van der Waals surface area contributed by atoms with Gasteiger partial charge in [0.05, 0.1) is 0 Å². The summed E-state index contributed by atoms with van der Waals surface area (Å²) in [6.07, 6.45) is 0. The van der Waals surface area contributed by atoms with Gasteiger partial charge in [-0.25, -0.2) is 12.1 Å². The van der Waals surface area contributed by atoms with Crippen LogP contribution in [-0.4, -0.2) is 0 Å². The van der Waals surface area contributed by atoms with Crippen molar-refractivity contribution in [2.24, 2.45) is 0 Å². The average molecular weight is 420 g/mol. The van der Waals surface area contributed by atoms with Crippen LogP contribution >= 0.6 is 0 Å². The maximum atomic E-state index is 7.50. The van der Waals surface area contributed by atoms with Crippen LogP contribution in [0.5, 0.6) is 0 Å². The first-order valence-corrected chi connectivity index (χ1v) is 4.26. The Morgan fingerprint density at radius 3 is 1.09 bits per heavy atom. The first-order valence-electron chi connectivity index (χ1n) is 4.26. The van der Waals surface area contributed by atoms with E-state index in [-0.39, 0.29) is 38.1 Å². The van der Waals surface area contributed by atoms with Crippen molar-refractivity contribution in [3.8, 4) is 0 Å². The van der Waals surface area contributed by atoms with Crippen LogP contribution in [0.2, 0.25) is 0 Å². The molecule has 0 aliphatic rings. The Balaban J connectivity index is -0.0000000251. The molecule has 22 heavy (non-hydrogen) atoms. The summed E-state index contributed by atoms with van der Waals surface area (Å²) in [4.78, 5) is 0. The van der Waals surface area contributed by atoms with E-state index in [1.165, 1.54) is 0 Å². The molecule has 0 amide bonds. The fourth-order valence-corrected chi connectivity index (χ4v) is 0.599. The summed E-state index contributed by atoms with van der Waals surface area (Å²) in [5, 5.41) is 0. The molecule has 0 aliphatic carbocycles. The third-order valence-corrected chi connectivity index (χ3v) is 1.05. The van der Waals surface area contributed by atoms with Gasteiger partial charge in [0.1, 0.15) is 0 Å². The van der Waals surface area contributed by atoms with Crippen molar-refractivity contribution in [2.75, 3.05) is 0 Å². The second kappa shape index (κ2) is 91.6. The van der Waals surface area contributed by atoms with E-state index in [9.17, 15) is 0 Å². The van der Waals surface area contributed by atoms with Crippen molar-refractivity contribution >= 4 is 0 Å². The van der Waals surface area contributed by atoms with Crippen LogP contribution < -0.4 is 0 Å². The van der Waals surface area contributed by atoms with E-state index in [2.05, 4.69) is 39.3 Å². The number of rotatable bonds is 0. The van der Waals surface area contributed by atoms with Crippen molar-refractivity contribution in [1.29, 1.82) is 0 Å². The summed E-state index contributed by atoms with van der Waals surface area (Å²) in [6, 6.07) is 20.5. The molecule has 0 unspecified atom stereocenters. The quantitative estimate of drug-likeness (QED) is 0.355. The van der Waals surface area contributed by atoms with Crippen LogP contribution in [0.4, 0.5) is 0 Å². The van der Waals surface area contributed by atoms with Crippen LogP contribution in [0.1, 0.15) is 0 Å². The van der Waals surface area contributed by atoms with Crippen LogP contribution in [-0.2, 0) is 61.4 Å². The molecule has 2 aromatic rings. The molecule has 7 heteroatoms. The summed E-state index contributed by atoms with van der Waals surface area (Å²) in [6.45, 7) is 22.5. The van der Waals surface area contributed by atoms with Gasteiger partial charge in [0.25, 0.3) is 0 Å². The molecular formula is C15H9MnMoO5-. The van der Waals surface area contributed by atoms with Crippen molar-refractivity contribution in [3.63, 3.8) is 0 Å². The molecule has 0 bridgehead atoms. The Hall–Kier alpha value is -1.39. The van der Waals surface area contributed by atoms with Crippen LogP contribution in [0.25, 0.3) is 0 Å². The first kappa shape index (κ1) is 42.8. The van der Waals surface area contributed by atoms with Gasteiger partial charge in [0.2, 0.25) is 0 Å². The molecule has 113 valence electrons. The minimum absolute atomic E-state index is 0. The minimum atomic E-state index is 0. The van der Waals surface area contributed by atoms with E-state index in [4.69, 9.17) is 23.3 Å². The molecule has 0 atom stereocenters. The molecular weight excluding hydrogens is 411 g/mol. The van der Waals surface area contributed by atoms with Crippen LogP contribution in [0.3, 0.4) is 0 Å². The zero-order chi connectivity index (χ0) is 17.1. The summed E-state index contributed by atoms with van der Waals surface area (Å²) in [5.41, 5.74) is 0. The minimum Gasteiger partial charge on any atom is -0.376 e. The fourth-order valence-electron chi connectivity index (χ4n) is 0.599. The number of hydrogen-bond donors (Lipinski definition) is 0. The SMILES string of the molecule is [C-]#[O+].[C-]#[O+].[C-]#[O+].[C-]#[O+].[C-]#[O+].[Mn+2].[Mo].[c-]1cc[cH-]c1.c1cc[cH-]c1. The van der Waals surface area contributed by atoms with E-state index in [1.54, 1.807) is 0 Å². The molecule has 5 nitrogen and oxygen atoms in total. The van der Waals surface area contributed by atoms with E-state index in [1.807, 2.05) is 54.6 Å². The van der Waals surface area contributed by atoms with Crippen LogP contribution in [0, 0.1) is 39.3 Å². The molecule has 0 aliphatic heterocycles. The standard InChI is InChI=1S/C5H5.C5H4.5CO.Mn.Mo/c2*1-2-4-5-3-1;5*1-2;;/h1-5H;1-4H;;;;;;;/q-1;-2;;;;;;+2;. The van der Waals surface area contributed by atoms with Gasteiger partial charge in [-0.3, -0.25) is 0 Å². The van der Waals surface area contributed by atoms with Gasteiger partial charge in [-0.2, -0.15) is 18.2 Å². The molecule has 2 aromatic carbocycles. The summed E-state index contributed by atoms with van der Waals surface area (Å²) < 4.78 is 37.5. The third kappa shape index (κ3) is 77.9. The third-order valence-electron chi connectivity index (χ3n) is 1.05. The van der Waals surface area contributed by atoms with E-state index < -0.39 is 0 Å². The molecule has 0 N–H and O–H groups in total. The van der Waals surface area contributed by atoms with Crippen molar-refractivity contribution < 1.29 is 61.4 Å². The zero-order valence-corrected chi connectivity index (χ0v) is 14.2. The maximum Gasteiger partial charge on any atom is 2.00 e. The molecule has 0 heterocycles. The summed E-state index contributed by atoms with van der Waals surface area (Å²) >= 11 is 0. The summed E-state index contributed by atoms with van der Waals surface area (Å²) in [5.74, 6) is 0. The second-order valence-corrected chi connectivity index (χ2v) is 1.85. The van der Waals surface area contributed by atoms with Crippen molar-refractivity contribution in [2.45, 2.75) is 0 Å². The molecule has 1 radical (unpaired) electrons. The average Bonchev–Trinajstić information content (AvgIpc) is 3.34. The monoisotopic (exact) mass is 422 g/mol. The van der Waals surface area contributed by atoms with Gasteiger partial charge in [0.15, 0.2) is 0 Å². The predicted octanol–water partition coefficient (Wildman–Crippen LogP) is 2.42. The van der Waals surface area contributed by atoms with Gasteiger partial charge in [-0.05, 0) is 0 Å². The largest absolute Gasteiger partial charge is 2.00 e. The summed E-state index contributed by atoms with van der Waals surface area (Å²) in [7, 11) is 0. The Morgan fingerprint density at radius 1 is 0.636 bits per heavy atom. The van der Waals surface area contributed by atoms with Gasteiger partial charge in [-0.15, -0.1) is 0 Å². The normalized spacial score (nSPS) is 4.09. The maximum absolute atomic E-state index is 7.50. The first-order chi connectivity index (χ1) is 10.0. The molecule has 0 saturated carbocycles. The molecule has 0 fully saturated rings. The van der Waals surface area contributed by atoms with E-state index in [0.717, 1.165) is 0 Å². The van der Waals surface area contributed by atoms with Gasteiger partial charge in [0, 0.05) is 21.1 Å². The Morgan fingerprint density at radius 2 is 1.00 bits per heavy atom. The van der Waals surface area contributed by atoms with E-state index in [0.29, 0.717) is 0 Å². The van der Waals surface area contributed by atoms with Crippen molar-refractivity contribution in [1.82, 2.24) is 0 Å². The second-order valence-electron chi connectivity index (χ2n) is 1.85. The topological polar surface area (TPSA) is 99.5 Å². The van der Waals surface area contributed by atoms with Gasteiger partial charge < -0.3 is 30.3 Å². The Kier molecular flexibility index (Phi) is 178.